The van der Waals surface area contributed by atoms with Crippen LogP contribution in [0.4, 0.5) is 15.0 Å². The first-order valence-corrected chi connectivity index (χ1v) is 17.2. The van der Waals surface area contributed by atoms with Gasteiger partial charge in [-0.25, -0.2) is 9.18 Å². The molecule has 258 valence electrons. The zero-order valence-electron chi connectivity index (χ0n) is 28.2. The number of rotatable bonds is 9. The third kappa shape index (κ3) is 5.18. The van der Waals surface area contributed by atoms with Gasteiger partial charge in [-0.1, -0.05) is 31.1 Å². The highest BCUT2D eigenvalue weighted by atomic mass is 19.1. The number of ether oxygens (including phenoxy) is 3. The number of carbonyl (C=O) groups is 1. The van der Waals surface area contributed by atoms with Crippen molar-refractivity contribution in [1.29, 1.82) is 0 Å². The van der Waals surface area contributed by atoms with Crippen LogP contribution in [0.1, 0.15) is 44.6 Å². The Balaban J connectivity index is 1.27. The summed E-state index contributed by atoms with van der Waals surface area (Å²) in [4.78, 5) is 32.4. The van der Waals surface area contributed by atoms with Gasteiger partial charge in [0.25, 0.3) is 0 Å². The van der Waals surface area contributed by atoms with Crippen molar-refractivity contribution in [1.82, 2.24) is 24.8 Å². The molecule has 8 rings (SSSR count). The van der Waals surface area contributed by atoms with Crippen LogP contribution in [-0.4, -0.2) is 100 Å². The molecule has 11 nitrogen and oxygen atoms in total. The second-order valence-electron chi connectivity index (χ2n) is 13.5. The van der Waals surface area contributed by atoms with Crippen molar-refractivity contribution >= 4 is 33.6 Å². The largest absolute Gasteiger partial charge is 0.468 e. The number of methoxy groups -OCH3 is 1. The summed E-state index contributed by atoms with van der Waals surface area (Å²) in [5.74, 6) is 3.04. The van der Waals surface area contributed by atoms with Crippen molar-refractivity contribution in [3.63, 3.8) is 0 Å². The second kappa shape index (κ2) is 12.7. The number of nitrogens with zero attached hydrogens (tertiary/aromatic N) is 6. The molecule has 3 atom stereocenters. The summed E-state index contributed by atoms with van der Waals surface area (Å²) in [6.45, 7) is 5.26. The van der Waals surface area contributed by atoms with E-state index in [1.54, 1.807) is 17.2 Å². The van der Waals surface area contributed by atoms with Crippen LogP contribution in [0.2, 0.25) is 0 Å². The monoisotopic (exact) mass is 678 g/mol. The van der Waals surface area contributed by atoms with Crippen LogP contribution in [-0.2, 0) is 4.74 Å². The molecule has 4 aromatic rings. The number of benzene rings is 2. The first kappa shape index (κ1) is 32.2. The number of carboxylic acid groups (broad SMARTS) is 1. The molecule has 4 aliphatic rings. The Hall–Kier alpha value is -4.99. The fourth-order valence-electron chi connectivity index (χ4n) is 8.71. The van der Waals surface area contributed by atoms with Crippen LogP contribution in [0.5, 0.6) is 11.8 Å². The Kier molecular flexibility index (Phi) is 8.20. The Morgan fingerprint density at radius 2 is 2.00 bits per heavy atom. The maximum absolute atomic E-state index is 17.2. The molecule has 0 saturated carbocycles. The van der Waals surface area contributed by atoms with Crippen LogP contribution in [0.3, 0.4) is 0 Å². The standard InChI is InChI=1S/C38H39FN6O5/c1-4-23-8-6-9-24-16-28(50-22-48-3)17-29(31(23)24)33-32(39)34-30(18-40-33)35(43-19-26-10-11-27(20-43)45(26)37(46)47)42-36(41-34)49-21-38-13-7-14-44(38)15-12-25(38)5-2/h1,6,8-9,12,16-18,26-27H,5,7,10-11,13-15,19-22H2,2-3H3,(H,46,47)/t26-,27+,38?. The van der Waals surface area contributed by atoms with E-state index >= 15 is 4.39 Å². The van der Waals surface area contributed by atoms with E-state index in [2.05, 4.69) is 28.8 Å². The van der Waals surface area contributed by atoms with Crippen molar-refractivity contribution in [2.24, 2.45) is 0 Å². The van der Waals surface area contributed by atoms with Gasteiger partial charge in [-0.2, -0.15) is 9.97 Å². The van der Waals surface area contributed by atoms with Gasteiger partial charge in [-0.3, -0.25) is 14.8 Å². The number of amides is 1. The van der Waals surface area contributed by atoms with E-state index < -0.39 is 11.9 Å². The van der Waals surface area contributed by atoms with Crippen LogP contribution in [0.15, 0.2) is 48.2 Å². The molecule has 1 amide bonds. The number of fused-ring (bicyclic) bond motifs is 5. The zero-order chi connectivity index (χ0) is 34.6. The minimum Gasteiger partial charge on any atom is -0.468 e. The second-order valence-corrected chi connectivity index (χ2v) is 13.5. The topological polar surface area (TPSA) is 113 Å². The lowest BCUT2D eigenvalue weighted by Crippen LogP contribution is -2.55. The number of anilines is 1. The molecule has 2 aromatic heterocycles. The van der Waals surface area contributed by atoms with Gasteiger partial charge in [-0.15, -0.1) is 6.42 Å². The average molecular weight is 679 g/mol. The van der Waals surface area contributed by atoms with Gasteiger partial charge in [0.1, 0.15) is 29.4 Å². The zero-order valence-corrected chi connectivity index (χ0v) is 28.2. The summed E-state index contributed by atoms with van der Waals surface area (Å²) in [5, 5.41) is 11.8. The number of halogens is 1. The van der Waals surface area contributed by atoms with Crippen molar-refractivity contribution < 1.29 is 28.5 Å². The van der Waals surface area contributed by atoms with Crippen LogP contribution in [0, 0.1) is 18.2 Å². The van der Waals surface area contributed by atoms with Crippen molar-refractivity contribution in [2.75, 3.05) is 51.6 Å². The predicted octanol–water partition coefficient (Wildman–Crippen LogP) is 5.84. The number of aromatic nitrogens is 3. The molecule has 6 heterocycles. The van der Waals surface area contributed by atoms with Crippen LogP contribution < -0.4 is 14.4 Å². The molecular weight excluding hydrogens is 639 g/mol. The number of hydrogen-bond acceptors (Lipinski definition) is 9. The number of hydrogen-bond donors (Lipinski definition) is 1. The predicted molar refractivity (Wildman–Crippen MR) is 187 cm³/mol. The molecule has 0 radical (unpaired) electrons. The number of terminal acetylenes is 1. The van der Waals surface area contributed by atoms with Crippen molar-refractivity contribution in [3.8, 4) is 35.4 Å². The summed E-state index contributed by atoms with van der Waals surface area (Å²) < 4.78 is 34.6. The molecule has 0 aliphatic carbocycles. The van der Waals surface area contributed by atoms with Gasteiger partial charge in [0, 0.05) is 49.5 Å². The Morgan fingerprint density at radius 1 is 1.18 bits per heavy atom. The third-order valence-corrected chi connectivity index (χ3v) is 11.0. The van der Waals surface area contributed by atoms with E-state index in [4.69, 9.17) is 30.6 Å². The van der Waals surface area contributed by atoms with E-state index in [0.29, 0.717) is 53.2 Å². The summed E-state index contributed by atoms with van der Waals surface area (Å²) in [6, 6.07) is 8.80. The molecule has 2 aromatic carbocycles. The summed E-state index contributed by atoms with van der Waals surface area (Å²) in [7, 11) is 1.53. The normalized spacial score (nSPS) is 23.0. The van der Waals surface area contributed by atoms with Gasteiger partial charge >= 0.3 is 12.1 Å². The van der Waals surface area contributed by atoms with E-state index in [-0.39, 0.29) is 41.6 Å². The van der Waals surface area contributed by atoms with E-state index in [0.717, 1.165) is 50.6 Å². The minimum atomic E-state index is -0.918. The molecule has 3 fully saturated rings. The van der Waals surface area contributed by atoms with Gasteiger partial charge in [0.2, 0.25) is 0 Å². The lowest BCUT2D eigenvalue weighted by Gasteiger charge is -2.40. The van der Waals surface area contributed by atoms with Gasteiger partial charge in [-0.05, 0) is 67.8 Å². The van der Waals surface area contributed by atoms with Crippen molar-refractivity contribution in [2.45, 2.75) is 56.7 Å². The smallest absolute Gasteiger partial charge is 0.407 e. The summed E-state index contributed by atoms with van der Waals surface area (Å²) in [5.41, 5.74) is 2.30. The van der Waals surface area contributed by atoms with E-state index in [1.165, 1.54) is 12.7 Å². The molecule has 0 spiro atoms. The van der Waals surface area contributed by atoms with Gasteiger partial charge in [0.05, 0.1) is 23.0 Å². The van der Waals surface area contributed by atoms with Crippen molar-refractivity contribution in [3.05, 3.63) is 59.6 Å². The molecule has 12 heteroatoms. The number of piperazine rings is 1. The lowest BCUT2D eigenvalue weighted by atomic mass is 9.88. The van der Waals surface area contributed by atoms with Crippen LogP contribution >= 0.6 is 0 Å². The highest BCUT2D eigenvalue weighted by Crippen LogP contribution is 2.43. The quantitative estimate of drug-likeness (QED) is 0.132. The third-order valence-electron chi connectivity index (χ3n) is 11.0. The maximum atomic E-state index is 17.2. The fraction of sp³-hybridized carbons (Fsp3) is 0.421. The Labute approximate surface area is 289 Å². The van der Waals surface area contributed by atoms with E-state index in [9.17, 15) is 9.90 Å². The first-order chi connectivity index (χ1) is 24.3. The molecule has 1 unspecified atom stereocenters. The lowest BCUT2D eigenvalue weighted by molar-refractivity contribution is 0.0512. The molecule has 1 N–H and O–H groups in total. The summed E-state index contributed by atoms with van der Waals surface area (Å²) >= 11 is 0. The molecule has 2 bridgehead atoms. The van der Waals surface area contributed by atoms with E-state index in [1.807, 2.05) is 29.2 Å². The van der Waals surface area contributed by atoms with Gasteiger partial charge in [0.15, 0.2) is 12.6 Å². The first-order valence-electron chi connectivity index (χ1n) is 17.2. The SMILES string of the molecule is C#Cc1cccc2cc(OCOC)cc(-c3ncc4c(N5C[C@H]6CC[C@@H](C5)N6C(=O)O)nc(OCC56CCCN5CC=C6CC)nc4c3F)c12. The summed E-state index contributed by atoms with van der Waals surface area (Å²) in [6.07, 6.45) is 13.4. The highest BCUT2D eigenvalue weighted by Gasteiger charge is 2.47. The fourth-order valence-corrected chi connectivity index (χ4v) is 8.71. The van der Waals surface area contributed by atoms with Gasteiger partial charge < -0.3 is 24.2 Å². The Bertz CT molecular complexity index is 2070. The van der Waals surface area contributed by atoms with Crippen LogP contribution in [0.25, 0.3) is 32.9 Å². The molecule has 3 saturated heterocycles. The number of pyridine rings is 1. The highest BCUT2D eigenvalue weighted by molar-refractivity contribution is 6.03. The molecular formula is C38H39FN6O5. The minimum absolute atomic E-state index is 0.00960. The average Bonchev–Trinajstić information content (AvgIpc) is 3.78. The maximum Gasteiger partial charge on any atom is 0.407 e. The molecule has 4 aliphatic heterocycles. The molecule has 50 heavy (non-hydrogen) atoms. The Morgan fingerprint density at radius 3 is 2.74 bits per heavy atom.